The number of nitrogens with zero attached hydrogens (tertiary/aromatic N) is 2. The zero-order valence-electron chi connectivity index (χ0n) is 18.8. The molecule has 0 bridgehead atoms. The Labute approximate surface area is 192 Å². The Hall–Kier alpha value is -4.14. The molecule has 9 nitrogen and oxygen atoms in total. The number of ether oxygens (including phenoxy) is 2. The molecule has 0 fully saturated rings. The molecular formula is C24H27N5O4. The van der Waals surface area contributed by atoms with E-state index in [4.69, 9.17) is 9.47 Å². The van der Waals surface area contributed by atoms with Crippen molar-refractivity contribution < 1.29 is 19.1 Å². The maximum Gasteiger partial charge on any atom is 0.273 e. The molecule has 1 heterocycles. The first-order chi connectivity index (χ1) is 16.0. The molecule has 2 amide bonds. The summed E-state index contributed by atoms with van der Waals surface area (Å²) in [7, 11) is 3.14. The van der Waals surface area contributed by atoms with Crippen molar-refractivity contribution in [3.63, 3.8) is 0 Å². The minimum atomic E-state index is -0.672. The van der Waals surface area contributed by atoms with E-state index in [2.05, 4.69) is 32.5 Å². The Morgan fingerprint density at radius 2 is 1.85 bits per heavy atom. The number of aliphatic imine (C=N–C) groups is 2. The van der Waals surface area contributed by atoms with Gasteiger partial charge in [0.1, 0.15) is 17.5 Å². The summed E-state index contributed by atoms with van der Waals surface area (Å²) in [5.74, 6) is 0.847. The van der Waals surface area contributed by atoms with Crippen molar-refractivity contribution in [1.29, 1.82) is 0 Å². The van der Waals surface area contributed by atoms with Crippen LogP contribution in [0, 0.1) is 0 Å². The first-order valence-corrected chi connectivity index (χ1v) is 10.5. The smallest absolute Gasteiger partial charge is 0.273 e. The third kappa shape index (κ3) is 5.97. The van der Waals surface area contributed by atoms with Crippen LogP contribution in [0.3, 0.4) is 0 Å². The van der Waals surface area contributed by atoms with Crippen LogP contribution in [-0.2, 0) is 9.59 Å². The van der Waals surface area contributed by atoms with Crippen LogP contribution in [0.2, 0.25) is 0 Å². The van der Waals surface area contributed by atoms with Gasteiger partial charge in [-0.2, -0.15) is 0 Å². The van der Waals surface area contributed by atoms with E-state index in [0.29, 0.717) is 35.1 Å². The third-order valence-corrected chi connectivity index (χ3v) is 4.86. The van der Waals surface area contributed by atoms with E-state index in [-0.39, 0.29) is 23.6 Å². The standard InChI is InChI=1S/C24H27N5O4/c1-5-19-24(33-18-9-7-8-16(14-18)26-20(30)6-2)29-22(21(28-19)23(31)25-3)27-15-10-12-17(32-4)13-11-15/h6-14,19,24H,2,5H2,1,3-4H3,(H,25,31)(H,26,30)(H,27,29). The average Bonchev–Trinajstić information content (AvgIpc) is 2.84. The van der Waals surface area contributed by atoms with Crippen molar-refractivity contribution in [2.24, 2.45) is 9.98 Å². The van der Waals surface area contributed by atoms with Crippen LogP contribution in [0.15, 0.2) is 71.2 Å². The van der Waals surface area contributed by atoms with E-state index < -0.39 is 6.23 Å². The highest BCUT2D eigenvalue weighted by molar-refractivity contribution is 6.68. The van der Waals surface area contributed by atoms with Gasteiger partial charge in [0.2, 0.25) is 12.1 Å². The third-order valence-electron chi connectivity index (χ3n) is 4.86. The van der Waals surface area contributed by atoms with Crippen LogP contribution in [0.1, 0.15) is 13.3 Å². The fourth-order valence-corrected chi connectivity index (χ4v) is 3.13. The molecule has 1 aliphatic rings. The quantitative estimate of drug-likeness (QED) is 0.536. The highest BCUT2D eigenvalue weighted by atomic mass is 16.5. The summed E-state index contributed by atoms with van der Waals surface area (Å²) >= 11 is 0. The Morgan fingerprint density at radius 3 is 2.48 bits per heavy atom. The molecule has 2 aromatic carbocycles. The average molecular weight is 450 g/mol. The summed E-state index contributed by atoms with van der Waals surface area (Å²) in [5, 5.41) is 8.47. The molecule has 2 unspecified atom stereocenters. The van der Waals surface area contributed by atoms with E-state index in [1.165, 1.54) is 6.08 Å². The van der Waals surface area contributed by atoms with E-state index in [9.17, 15) is 9.59 Å². The largest absolute Gasteiger partial charge is 0.497 e. The topological polar surface area (TPSA) is 113 Å². The summed E-state index contributed by atoms with van der Waals surface area (Å²) in [4.78, 5) is 33.4. The van der Waals surface area contributed by atoms with Gasteiger partial charge >= 0.3 is 0 Å². The van der Waals surface area contributed by atoms with Crippen LogP contribution < -0.4 is 25.4 Å². The second-order valence-electron chi connectivity index (χ2n) is 7.09. The number of amides is 2. The van der Waals surface area contributed by atoms with Crippen LogP contribution in [0.4, 0.5) is 11.4 Å². The molecular weight excluding hydrogens is 422 g/mol. The Morgan fingerprint density at radius 1 is 1.09 bits per heavy atom. The monoisotopic (exact) mass is 449 g/mol. The van der Waals surface area contributed by atoms with Gasteiger partial charge in [-0.05, 0) is 48.9 Å². The van der Waals surface area contributed by atoms with Crippen LogP contribution >= 0.6 is 0 Å². The van der Waals surface area contributed by atoms with Crippen molar-refractivity contribution in [3.8, 4) is 11.5 Å². The van der Waals surface area contributed by atoms with Crippen molar-refractivity contribution in [2.45, 2.75) is 25.6 Å². The molecule has 0 radical (unpaired) electrons. The summed E-state index contributed by atoms with van der Waals surface area (Å²) in [5.41, 5.74) is 1.48. The highest BCUT2D eigenvalue weighted by Crippen LogP contribution is 2.24. The van der Waals surface area contributed by atoms with Gasteiger partial charge < -0.3 is 25.4 Å². The number of amidine groups is 1. The van der Waals surface area contributed by atoms with Gasteiger partial charge in [-0.3, -0.25) is 14.6 Å². The van der Waals surface area contributed by atoms with Crippen molar-refractivity contribution in [1.82, 2.24) is 5.32 Å². The molecule has 9 heteroatoms. The Bertz CT molecular complexity index is 1080. The number of nitrogens with one attached hydrogen (secondary N) is 3. The first-order valence-electron chi connectivity index (χ1n) is 10.5. The number of hydrogen-bond acceptors (Lipinski definition) is 7. The van der Waals surface area contributed by atoms with E-state index >= 15 is 0 Å². The Balaban J connectivity index is 1.89. The van der Waals surface area contributed by atoms with Crippen molar-refractivity contribution >= 4 is 34.7 Å². The van der Waals surface area contributed by atoms with Crippen LogP contribution in [0.25, 0.3) is 0 Å². The van der Waals surface area contributed by atoms with Crippen LogP contribution in [-0.4, -0.2) is 49.8 Å². The molecule has 0 aliphatic carbocycles. The van der Waals surface area contributed by atoms with E-state index in [0.717, 1.165) is 0 Å². The lowest BCUT2D eigenvalue weighted by Crippen LogP contribution is -2.45. The molecule has 0 aromatic heterocycles. The van der Waals surface area contributed by atoms with Gasteiger partial charge in [-0.1, -0.05) is 19.6 Å². The number of hydrogen-bond donors (Lipinski definition) is 3. The van der Waals surface area contributed by atoms with Crippen molar-refractivity contribution in [3.05, 3.63) is 61.2 Å². The second-order valence-corrected chi connectivity index (χ2v) is 7.09. The summed E-state index contributed by atoms with van der Waals surface area (Å²) < 4.78 is 11.3. The van der Waals surface area contributed by atoms with E-state index in [1.54, 1.807) is 50.6 Å². The number of rotatable bonds is 8. The highest BCUT2D eigenvalue weighted by Gasteiger charge is 2.31. The maximum atomic E-state index is 12.5. The number of carbonyl (C=O) groups is 2. The molecule has 0 saturated heterocycles. The molecule has 3 N–H and O–H groups in total. The molecule has 172 valence electrons. The molecule has 2 atom stereocenters. The Kier molecular flexibility index (Phi) is 7.80. The molecule has 0 saturated carbocycles. The lowest BCUT2D eigenvalue weighted by molar-refractivity contribution is -0.114. The normalized spacial score (nSPS) is 17.2. The molecule has 1 aliphatic heterocycles. The lowest BCUT2D eigenvalue weighted by Gasteiger charge is -2.27. The van der Waals surface area contributed by atoms with Crippen molar-refractivity contribution in [2.75, 3.05) is 24.8 Å². The fraction of sp³-hybridized carbons (Fsp3) is 0.250. The van der Waals surface area contributed by atoms with Gasteiger partial charge in [0.15, 0.2) is 11.5 Å². The number of benzene rings is 2. The predicted molar refractivity (Wildman–Crippen MR) is 129 cm³/mol. The number of anilines is 2. The fourth-order valence-electron chi connectivity index (χ4n) is 3.13. The number of methoxy groups -OCH3 is 1. The van der Waals surface area contributed by atoms with Gasteiger partial charge in [0.25, 0.3) is 5.91 Å². The van der Waals surface area contributed by atoms with Gasteiger partial charge in [0.05, 0.1) is 7.11 Å². The molecule has 0 spiro atoms. The summed E-state index contributed by atoms with van der Waals surface area (Å²) in [6.07, 6.45) is 1.13. The number of carbonyl (C=O) groups excluding carboxylic acids is 2. The summed E-state index contributed by atoms with van der Waals surface area (Å²) in [6, 6.07) is 13.8. The zero-order valence-corrected chi connectivity index (χ0v) is 18.8. The molecule has 33 heavy (non-hydrogen) atoms. The van der Waals surface area contributed by atoms with Crippen LogP contribution in [0.5, 0.6) is 11.5 Å². The SMILES string of the molecule is C=CC(=O)Nc1cccc(OC2N=C(Nc3ccc(OC)cc3)C(C(=O)NC)=NC2CC)c1. The minimum Gasteiger partial charge on any atom is -0.497 e. The van der Waals surface area contributed by atoms with Gasteiger partial charge in [0, 0.05) is 24.5 Å². The van der Waals surface area contributed by atoms with Gasteiger partial charge in [-0.25, -0.2) is 4.99 Å². The first kappa shape index (κ1) is 23.5. The summed E-state index contributed by atoms with van der Waals surface area (Å²) in [6.45, 7) is 5.40. The molecule has 3 rings (SSSR count). The maximum absolute atomic E-state index is 12.5. The van der Waals surface area contributed by atoms with Gasteiger partial charge in [-0.15, -0.1) is 0 Å². The lowest BCUT2D eigenvalue weighted by atomic mass is 10.1. The molecule has 2 aromatic rings. The second kappa shape index (κ2) is 10.9. The predicted octanol–water partition coefficient (Wildman–Crippen LogP) is 3.01. The minimum absolute atomic E-state index is 0.201. The zero-order chi connectivity index (χ0) is 23.8. The van der Waals surface area contributed by atoms with E-state index in [1.807, 2.05) is 19.1 Å².